The minimum absolute atomic E-state index is 0.0693. The highest BCUT2D eigenvalue weighted by Gasteiger charge is 2.62. The second-order valence-corrected chi connectivity index (χ2v) is 7.80. The maximum absolute atomic E-state index is 4.61. The van der Waals surface area contributed by atoms with Crippen molar-refractivity contribution in [2.75, 3.05) is 19.8 Å². The lowest BCUT2D eigenvalue weighted by atomic mass is 9.73. The van der Waals surface area contributed by atoms with E-state index in [1.807, 2.05) is 37.2 Å². The summed E-state index contributed by atoms with van der Waals surface area (Å²) in [5.74, 6) is 3.02. The maximum Gasteiger partial charge on any atom is 0.138 e. The fourth-order valence-corrected chi connectivity index (χ4v) is 5.33. The molecule has 9 heteroatoms. The molecule has 3 aromatic heterocycles. The topological polar surface area (TPSA) is 95.8 Å². The highest BCUT2D eigenvalue weighted by molar-refractivity contribution is 5.19. The third-order valence-electron chi connectivity index (χ3n) is 6.04. The van der Waals surface area contributed by atoms with Crippen LogP contribution in [0.1, 0.15) is 42.8 Å². The lowest BCUT2D eigenvalue weighted by Crippen LogP contribution is -2.74. The van der Waals surface area contributed by atoms with Gasteiger partial charge in [0.05, 0.1) is 12.7 Å². The molecular weight excluding hydrogens is 330 g/mol. The zero-order valence-electron chi connectivity index (χ0n) is 14.5. The summed E-state index contributed by atoms with van der Waals surface area (Å²) in [7, 11) is 0. The van der Waals surface area contributed by atoms with Gasteiger partial charge in [-0.3, -0.25) is 14.7 Å². The number of hydrogen-bond acceptors (Lipinski definition) is 6. The van der Waals surface area contributed by atoms with Crippen LogP contribution in [0.3, 0.4) is 0 Å². The van der Waals surface area contributed by atoms with Crippen molar-refractivity contribution in [2.24, 2.45) is 5.41 Å². The molecule has 0 amide bonds. The van der Waals surface area contributed by atoms with Crippen LogP contribution in [0.25, 0.3) is 0 Å². The van der Waals surface area contributed by atoms with Crippen LogP contribution >= 0.6 is 0 Å². The van der Waals surface area contributed by atoms with Gasteiger partial charge in [0.15, 0.2) is 0 Å². The zero-order valence-corrected chi connectivity index (χ0v) is 14.5. The fraction of sp³-hybridized carbons (Fsp3) is 0.471. The Labute approximate surface area is 150 Å². The molecule has 6 unspecified atom stereocenters. The molecule has 0 spiro atoms. The lowest BCUT2D eigenvalue weighted by molar-refractivity contribution is -0.279. The molecule has 3 N–H and O–H groups in total. The molecule has 0 saturated carbocycles. The van der Waals surface area contributed by atoms with Gasteiger partial charge in [0.1, 0.15) is 29.8 Å². The van der Waals surface area contributed by atoms with E-state index in [4.69, 9.17) is 0 Å². The smallest absolute Gasteiger partial charge is 0.138 e. The molecule has 9 nitrogen and oxygen atoms in total. The molecule has 3 aromatic rings. The Morgan fingerprint density at radius 1 is 0.846 bits per heavy atom. The Hall–Kier alpha value is -2.49. The average molecular weight is 351 g/mol. The highest BCUT2D eigenvalue weighted by atomic mass is 15.6. The van der Waals surface area contributed by atoms with E-state index >= 15 is 0 Å². The number of aromatic nitrogens is 6. The fourth-order valence-electron chi connectivity index (χ4n) is 5.33. The van der Waals surface area contributed by atoms with E-state index in [0.29, 0.717) is 0 Å². The van der Waals surface area contributed by atoms with Crippen molar-refractivity contribution in [3.63, 3.8) is 0 Å². The summed E-state index contributed by atoms with van der Waals surface area (Å²) in [6.45, 7) is 5.20. The van der Waals surface area contributed by atoms with Gasteiger partial charge in [-0.05, 0) is 0 Å². The van der Waals surface area contributed by atoms with Crippen LogP contribution in [0.5, 0.6) is 0 Å². The van der Waals surface area contributed by atoms with Gasteiger partial charge in [0.2, 0.25) is 0 Å². The van der Waals surface area contributed by atoms with E-state index in [9.17, 15) is 0 Å². The van der Waals surface area contributed by atoms with Gasteiger partial charge >= 0.3 is 0 Å². The second-order valence-electron chi connectivity index (χ2n) is 7.80. The van der Waals surface area contributed by atoms with Gasteiger partial charge < -0.3 is 15.0 Å². The molecule has 0 aliphatic carbocycles. The van der Waals surface area contributed by atoms with E-state index in [-0.39, 0.29) is 23.8 Å². The van der Waals surface area contributed by atoms with E-state index in [1.165, 1.54) is 0 Å². The van der Waals surface area contributed by atoms with Crippen molar-refractivity contribution in [3.8, 4) is 0 Å². The highest BCUT2D eigenvalue weighted by Crippen LogP contribution is 2.57. The summed E-state index contributed by atoms with van der Waals surface area (Å²) in [6.07, 6.45) is 11.4. The Kier molecular flexibility index (Phi) is 2.83. The predicted molar refractivity (Wildman–Crippen MR) is 92.2 cm³/mol. The molecular formula is C17H21N9. The molecule has 0 aromatic carbocycles. The average Bonchev–Trinajstić information content (AvgIpc) is 3.38. The van der Waals surface area contributed by atoms with Crippen LogP contribution in [0.2, 0.25) is 0 Å². The molecule has 4 aliphatic heterocycles. The van der Waals surface area contributed by atoms with Gasteiger partial charge in [-0.25, -0.2) is 15.0 Å². The number of aromatic amines is 3. The summed E-state index contributed by atoms with van der Waals surface area (Å²) in [5.41, 5.74) is 0.0856. The largest absolute Gasteiger partial charge is 0.347 e. The number of nitrogens with zero attached hydrogens (tertiary/aromatic N) is 6. The van der Waals surface area contributed by atoms with Crippen molar-refractivity contribution in [3.05, 3.63) is 54.7 Å². The molecule has 0 radical (unpaired) electrons. The minimum Gasteiger partial charge on any atom is -0.347 e. The standard InChI is InChI=1S/C17H21N9/c1-17-8-24-10-26(11(17)12-18-2-3-19-12)16(14-22-6-7-23-14)25(9-17)15(24)13-20-4-5-21-13/h2-7,11,15-16H,8-10H2,1H3,(H,18,19)(H,20,21)(H,22,23)/t11?,15?,16?,17-/m1/s1. The first-order valence-corrected chi connectivity index (χ1v) is 8.98. The number of imidazole rings is 3. The monoisotopic (exact) mass is 351 g/mol. The van der Waals surface area contributed by atoms with Gasteiger partial charge in [-0.1, -0.05) is 6.92 Å². The van der Waals surface area contributed by atoms with Gasteiger partial charge in [0, 0.05) is 55.7 Å². The first-order chi connectivity index (χ1) is 12.7. The second kappa shape index (κ2) is 5.03. The van der Waals surface area contributed by atoms with Gasteiger partial charge in [0.25, 0.3) is 0 Å². The SMILES string of the molecule is C[C@@]12CN3CN(C(c4ncc[nH]4)N(C1)C3c1ncc[nH]1)C2c1ncc[nH]1. The summed E-state index contributed by atoms with van der Waals surface area (Å²) in [5, 5.41) is 0. The van der Waals surface area contributed by atoms with Crippen molar-refractivity contribution in [1.29, 1.82) is 0 Å². The van der Waals surface area contributed by atoms with Gasteiger partial charge in [-0.15, -0.1) is 0 Å². The molecule has 4 fully saturated rings. The number of hydrogen-bond donors (Lipinski definition) is 3. The Morgan fingerprint density at radius 2 is 1.46 bits per heavy atom. The Bertz CT molecular complexity index is 885. The minimum atomic E-state index is 0.0693. The predicted octanol–water partition coefficient (Wildman–Crippen LogP) is 1.21. The Morgan fingerprint density at radius 3 is 2.08 bits per heavy atom. The Balaban J connectivity index is 1.49. The zero-order chi connectivity index (χ0) is 17.3. The summed E-state index contributed by atoms with van der Waals surface area (Å²) in [4.78, 5) is 31.3. The molecule has 7 rings (SSSR count). The molecule has 7 atom stereocenters. The molecule has 4 bridgehead atoms. The van der Waals surface area contributed by atoms with E-state index in [0.717, 1.165) is 37.2 Å². The summed E-state index contributed by atoms with van der Waals surface area (Å²) >= 11 is 0. The van der Waals surface area contributed by atoms with E-state index in [1.54, 1.807) is 0 Å². The van der Waals surface area contributed by atoms with Crippen LogP contribution in [-0.4, -0.2) is 64.4 Å². The van der Waals surface area contributed by atoms with Crippen LogP contribution in [0, 0.1) is 5.41 Å². The molecule has 4 aliphatic rings. The van der Waals surface area contributed by atoms with Crippen molar-refractivity contribution in [2.45, 2.75) is 25.3 Å². The van der Waals surface area contributed by atoms with Crippen molar-refractivity contribution < 1.29 is 0 Å². The van der Waals surface area contributed by atoms with E-state index < -0.39 is 0 Å². The summed E-state index contributed by atoms with van der Waals surface area (Å²) < 4.78 is 0. The lowest BCUT2D eigenvalue weighted by Gasteiger charge is -2.68. The molecule has 26 heavy (non-hydrogen) atoms. The first-order valence-electron chi connectivity index (χ1n) is 8.98. The third kappa shape index (κ3) is 1.82. The van der Waals surface area contributed by atoms with Crippen LogP contribution in [0.4, 0.5) is 0 Å². The third-order valence-corrected chi connectivity index (χ3v) is 6.04. The number of nitrogens with one attached hydrogen (secondary N) is 3. The first kappa shape index (κ1) is 14.7. The van der Waals surface area contributed by atoms with Crippen LogP contribution < -0.4 is 0 Å². The normalized spacial score (nSPS) is 41.0. The van der Waals surface area contributed by atoms with E-state index in [2.05, 4.69) is 51.5 Å². The number of rotatable bonds is 3. The van der Waals surface area contributed by atoms with Crippen molar-refractivity contribution in [1.82, 2.24) is 44.6 Å². The molecule has 4 saturated heterocycles. The van der Waals surface area contributed by atoms with Gasteiger partial charge in [-0.2, -0.15) is 0 Å². The molecule has 134 valence electrons. The van der Waals surface area contributed by atoms with Crippen LogP contribution in [-0.2, 0) is 0 Å². The van der Waals surface area contributed by atoms with Crippen molar-refractivity contribution >= 4 is 0 Å². The summed E-state index contributed by atoms with van der Waals surface area (Å²) in [6, 6.07) is 0.234. The number of H-pyrrole nitrogens is 3. The molecule has 7 heterocycles. The quantitative estimate of drug-likeness (QED) is 0.656. The van der Waals surface area contributed by atoms with Crippen LogP contribution in [0.15, 0.2) is 37.2 Å². The maximum atomic E-state index is 4.61.